The highest BCUT2D eigenvalue weighted by atomic mass is 32.2. The number of carbonyl (C=O) groups excluding carboxylic acids is 3. The minimum Gasteiger partial charge on any atom is -0.322 e. The molecule has 0 radical (unpaired) electrons. The van der Waals surface area contributed by atoms with Gasteiger partial charge >= 0.3 is 6.03 Å². The molecule has 2 aromatic carbocycles. The van der Waals surface area contributed by atoms with Crippen LogP contribution in [0.2, 0.25) is 0 Å². The van der Waals surface area contributed by atoms with Crippen molar-refractivity contribution < 1.29 is 22.8 Å². The topological polar surface area (TPSA) is 125 Å². The molecule has 1 saturated heterocycles. The standard InChI is InChI=1S/C24H28N4O5S/c1-15-11-13-24(14-12-15)22(30)28(23(31)25-24)26-21(29)18-7-9-19(10-8-18)34(32,33)27-20-6-4-5-16(2)17(20)3/h4-10,15,27H,11-14H2,1-3H3,(H,25,31)(H,26,29). The number of hydrogen-bond donors (Lipinski definition) is 3. The smallest absolute Gasteiger partial charge is 0.322 e. The number of hydrazine groups is 1. The Morgan fingerprint density at radius 1 is 1.06 bits per heavy atom. The van der Waals surface area contributed by atoms with Gasteiger partial charge in [-0.1, -0.05) is 19.1 Å². The summed E-state index contributed by atoms with van der Waals surface area (Å²) in [6.45, 7) is 5.83. The fourth-order valence-corrected chi connectivity index (χ4v) is 5.46. The van der Waals surface area contributed by atoms with Crippen molar-refractivity contribution >= 4 is 33.6 Å². The lowest BCUT2D eigenvalue weighted by atomic mass is 9.77. The van der Waals surface area contributed by atoms with Gasteiger partial charge in [-0.25, -0.2) is 13.2 Å². The van der Waals surface area contributed by atoms with Gasteiger partial charge in [0.1, 0.15) is 5.54 Å². The second-order valence-corrected chi connectivity index (χ2v) is 10.8. The van der Waals surface area contributed by atoms with Gasteiger partial charge in [0.2, 0.25) is 0 Å². The minimum atomic E-state index is -3.87. The molecule has 0 aromatic heterocycles. The highest BCUT2D eigenvalue weighted by molar-refractivity contribution is 7.92. The Morgan fingerprint density at radius 2 is 1.71 bits per heavy atom. The van der Waals surface area contributed by atoms with Crippen LogP contribution in [0.5, 0.6) is 0 Å². The van der Waals surface area contributed by atoms with E-state index in [-0.39, 0.29) is 10.5 Å². The van der Waals surface area contributed by atoms with E-state index in [0.29, 0.717) is 24.4 Å². The van der Waals surface area contributed by atoms with Crippen LogP contribution in [-0.2, 0) is 14.8 Å². The van der Waals surface area contributed by atoms with E-state index in [1.54, 1.807) is 12.1 Å². The van der Waals surface area contributed by atoms with Gasteiger partial charge in [-0.15, -0.1) is 0 Å². The van der Waals surface area contributed by atoms with Crippen molar-refractivity contribution in [2.45, 2.75) is 56.9 Å². The van der Waals surface area contributed by atoms with Gasteiger partial charge in [-0.05, 0) is 86.9 Å². The monoisotopic (exact) mass is 484 g/mol. The van der Waals surface area contributed by atoms with Crippen molar-refractivity contribution in [1.82, 2.24) is 15.8 Å². The Morgan fingerprint density at radius 3 is 2.35 bits per heavy atom. The maximum Gasteiger partial charge on any atom is 0.344 e. The molecule has 34 heavy (non-hydrogen) atoms. The maximum absolute atomic E-state index is 12.9. The largest absolute Gasteiger partial charge is 0.344 e. The number of amides is 4. The van der Waals surface area contributed by atoms with E-state index in [9.17, 15) is 22.8 Å². The predicted molar refractivity (Wildman–Crippen MR) is 126 cm³/mol. The van der Waals surface area contributed by atoms with E-state index in [1.165, 1.54) is 24.3 Å². The Balaban J connectivity index is 1.46. The summed E-state index contributed by atoms with van der Waals surface area (Å²) in [5.41, 5.74) is 3.76. The van der Waals surface area contributed by atoms with Gasteiger partial charge < -0.3 is 5.32 Å². The first-order valence-corrected chi connectivity index (χ1v) is 12.7. The first-order chi connectivity index (χ1) is 16.0. The van der Waals surface area contributed by atoms with Crippen molar-refractivity contribution in [3.05, 3.63) is 59.2 Å². The Bertz CT molecular complexity index is 1250. The summed E-state index contributed by atoms with van der Waals surface area (Å²) in [5.74, 6) is -0.663. The first-order valence-electron chi connectivity index (χ1n) is 11.2. The zero-order chi connectivity index (χ0) is 24.7. The fourth-order valence-electron chi connectivity index (χ4n) is 4.33. The zero-order valence-corrected chi connectivity index (χ0v) is 20.2. The van der Waals surface area contributed by atoms with Crippen molar-refractivity contribution in [3.8, 4) is 0 Å². The Kier molecular flexibility index (Phi) is 6.11. The molecule has 1 aliphatic carbocycles. The van der Waals surface area contributed by atoms with E-state index in [4.69, 9.17) is 0 Å². The van der Waals surface area contributed by atoms with Crippen LogP contribution < -0.4 is 15.5 Å². The number of aryl methyl sites for hydroxylation is 1. The number of rotatable bonds is 5. The zero-order valence-electron chi connectivity index (χ0n) is 19.3. The fraction of sp³-hybridized carbons (Fsp3) is 0.375. The van der Waals surface area contributed by atoms with E-state index >= 15 is 0 Å². The lowest BCUT2D eigenvalue weighted by Gasteiger charge is -2.33. The van der Waals surface area contributed by atoms with Gasteiger partial charge in [0.05, 0.1) is 10.6 Å². The summed E-state index contributed by atoms with van der Waals surface area (Å²) in [6.07, 6.45) is 2.70. The lowest BCUT2D eigenvalue weighted by molar-refractivity contribution is -0.134. The number of urea groups is 1. The lowest BCUT2D eigenvalue weighted by Crippen LogP contribution is -2.51. The van der Waals surface area contributed by atoms with Crippen LogP contribution in [0.15, 0.2) is 47.4 Å². The van der Waals surface area contributed by atoms with Gasteiger partial charge in [0.25, 0.3) is 21.8 Å². The molecule has 10 heteroatoms. The Hall–Kier alpha value is -3.40. The molecule has 9 nitrogen and oxygen atoms in total. The number of hydrogen-bond acceptors (Lipinski definition) is 5. The molecule has 180 valence electrons. The second kappa shape index (κ2) is 8.75. The van der Waals surface area contributed by atoms with Crippen LogP contribution in [-0.4, -0.2) is 36.8 Å². The van der Waals surface area contributed by atoms with Crippen molar-refractivity contribution in [2.24, 2.45) is 5.92 Å². The molecule has 0 bridgehead atoms. The van der Waals surface area contributed by atoms with Crippen LogP contribution in [0.4, 0.5) is 10.5 Å². The molecule has 3 N–H and O–H groups in total. The van der Waals surface area contributed by atoms with Crippen LogP contribution in [0.1, 0.15) is 54.1 Å². The van der Waals surface area contributed by atoms with E-state index in [2.05, 4.69) is 22.4 Å². The third-order valence-corrected chi connectivity index (χ3v) is 8.16. The molecule has 4 amide bonds. The number of nitrogens with zero attached hydrogens (tertiary/aromatic N) is 1. The molecule has 0 atom stereocenters. The van der Waals surface area contributed by atoms with Gasteiger partial charge in [-0.3, -0.25) is 19.7 Å². The molecule has 1 aliphatic heterocycles. The van der Waals surface area contributed by atoms with Crippen LogP contribution >= 0.6 is 0 Å². The number of anilines is 1. The van der Waals surface area contributed by atoms with Crippen LogP contribution in [0.25, 0.3) is 0 Å². The number of imide groups is 1. The molecule has 4 rings (SSSR count). The molecular formula is C24H28N4O5S. The third kappa shape index (κ3) is 4.37. The average Bonchev–Trinajstić information content (AvgIpc) is 3.03. The number of nitrogens with one attached hydrogen (secondary N) is 3. The predicted octanol–water partition coefficient (Wildman–Crippen LogP) is 3.25. The maximum atomic E-state index is 12.9. The van der Waals surface area contributed by atoms with Crippen molar-refractivity contribution in [1.29, 1.82) is 0 Å². The summed E-state index contributed by atoms with van der Waals surface area (Å²) in [5, 5.41) is 3.47. The quantitative estimate of drug-likeness (QED) is 0.562. The highest BCUT2D eigenvalue weighted by Crippen LogP contribution is 2.35. The van der Waals surface area contributed by atoms with Gasteiger partial charge in [0.15, 0.2) is 0 Å². The van der Waals surface area contributed by atoms with Crippen LogP contribution in [0, 0.1) is 19.8 Å². The summed E-state index contributed by atoms with van der Waals surface area (Å²) in [7, 11) is -3.87. The summed E-state index contributed by atoms with van der Waals surface area (Å²) in [4.78, 5) is 38.0. The Labute approximate surface area is 198 Å². The van der Waals surface area contributed by atoms with Crippen molar-refractivity contribution in [2.75, 3.05) is 4.72 Å². The first kappa shape index (κ1) is 23.7. The minimum absolute atomic E-state index is 0.0183. The molecule has 0 unspecified atom stereocenters. The van der Waals surface area contributed by atoms with Gasteiger partial charge in [0, 0.05) is 5.56 Å². The number of sulfonamides is 1. The van der Waals surface area contributed by atoms with E-state index in [0.717, 1.165) is 29.0 Å². The SMILES string of the molecule is Cc1cccc(NS(=O)(=O)c2ccc(C(=O)NN3C(=O)NC4(CCC(C)CC4)C3=O)cc2)c1C. The number of carbonyl (C=O) groups is 3. The molecule has 1 heterocycles. The summed E-state index contributed by atoms with van der Waals surface area (Å²) < 4.78 is 28.1. The van der Waals surface area contributed by atoms with Crippen LogP contribution in [0.3, 0.4) is 0 Å². The molecule has 2 fully saturated rings. The molecule has 1 saturated carbocycles. The second-order valence-electron chi connectivity index (χ2n) is 9.15. The molecule has 2 aliphatic rings. The van der Waals surface area contributed by atoms with Crippen molar-refractivity contribution in [3.63, 3.8) is 0 Å². The number of benzene rings is 2. The van der Waals surface area contributed by atoms with Gasteiger partial charge in [-0.2, -0.15) is 5.01 Å². The summed E-state index contributed by atoms with van der Waals surface area (Å²) >= 11 is 0. The molecular weight excluding hydrogens is 456 g/mol. The molecule has 2 aromatic rings. The summed E-state index contributed by atoms with van der Waals surface area (Å²) in [6, 6.07) is 9.96. The normalized spacial score (nSPS) is 22.6. The van der Waals surface area contributed by atoms with E-state index < -0.39 is 33.4 Å². The third-order valence-electron chi connectivity index (χ3n) is 6.78. The molecule has 1 spiro atoms. The highest BCUT2D eigenvalue weighted by Gasteiger charge is 2.52. The average molecular weight is 485 g/mol. The van der Waals surface area contributed by atoms with E-state index in [1.807, 2.05) is 19.9 Å².